The Morgan fingerprint density at radius 3 is 2.59 bits per heavy atom. The van der Waals surface area contributed by atoms with Crippen molar-refractivity contribution in [2.24, 2.45) is 5.92 Å². The van der Waals surface area contributed by atoms with Crippen molar-refractivity contribution in [1.29, 1.82) is 5.26 Å². The zero-order chi connectivity index (χ0) is 15.9. The van der Waals surface area contributed by atoms with E-state index in [9.17, 15) is 10.1 Å². The van der Waals surface area contributed by atoms with Gasteiger partial charge in [0.25, 0.3) is 0 Å². The largest absolute Gasteiger partial charge is 0.497 e. The van der Waals surface area contributed by atoms with Gasteiger partial charge in [-0.2, -0.15) is 5.26 Å². The molecule has 0 fully saturated rings. The molecule has 112 valence electrons. The van der Waals surface area contributed by atoms with Crippen molar-refractivity contribution in [3.63, 3.8) is 0 Å². The fourth-order valence-corrected chi connectivity index (χ4v) is 2.15. The summed E-state index contributed by atoms with van der Waals surface area (Å²) in [5.74, 6) is -0.265. The van der Waals surface area contributed by atoms with E-state index >= 15 is 0 Å². The van der Waals surface area contributed by atoms with E-state index in [2.05, 4.69) is 11.4 Å². The standard InChI is InChI=1S/C18H18N2O2/c1-13-4-3-5-16(10-13)20-18(21)15(12-19)11-14-6-8-17(22-2)9-7-14/h3-10,15H,11H2,1-2H3,(H,20,21). The van der Waals surface area contributed by atoms with Crippen molar-refractivity contribution >= 4 is 11.6 Å². The lowest BCUT2D eigenvalue weighted by atomic mass is 9.99. The third kappa shape index (κ3) is 4.10. The number of hydrogen-bond acceptors (Lipinski definition) is 3. The summed E-state index contributed by atoms with van der Waals surface area (Å²) in [6.07, 6.45) is 0.373. The molecule has 4 heteroatoms. The summed E-state index contributed by atoms with van der Waals surface area (Å²) in [5.41, 5.74) is 2.69. The lowest BCUT2D eigenvalue weighted by Crippen LogP contribution is -2.23. The number of benzene rings is 2. The topological polar surface area (TPSA) is 62.1 Å². The second-order valence-electron chi connectivity index (χ2n) is 5.09. The van der Waals surface area contributed by atoms with Gasteiger partial charge < -0.3 is 10.1 Å². The second kappa shape index (κ2) is 7.28. The highest BCUT2D eigenvalue weighted by molar-refractivity contribution is 5.94. The smallest absolute Gasteiger partial charge is 0.242 e. The van der Waals surface area contributed by atoms with Gasteiger partial charge in [0.15, 0.2) is 0 Å². The molecule has 0 bridgehead atoms. The van der Waals surface area contributed by atoms with Crippen molar-refractivity contribution in [2.45, 2.75) is 13.3 Å². The van der Waals surface area contributed by atoms with Crippen LogP contribution < -0.4 is 10.1 Å². The molecule has 4 nitrogen and oxygen atoms in total. The SMILES string of the molecule is COc1ccc(CC(C#N)C(=O)Nc2cccc(C)c2)cc1. The van der Waals surface area contributed by atoms with Crippen LogP contribution in [0.2, 0.25) is 0 Å². The molecule has 0 saturated carbocycles. The number of anilines is 1. The molecule has 0 aliphatic heterocycles. The molecule has 1 atom stereocenters. The molecule has 1 amide bonds. The molecule has 1 unspecified atom stereocenters. The van der Waals surface area contributed by atoms with E-state index < -0.39 is 5.92 Å². The average Bonchev–Trinajstić information content (AvgIpc) is 2.53. The van der Waals surface area contributed by atoms with Crippen LogP contribution in [0.1, 0.15) is 11.1 Å². The molecule has 0 aromatic heterocycles. The van der Waals surface area contributed by atoms with Crippen molar-refractivity contribution in [3.8, 4) is 11.8 Å². The summed E-state index contributed by atoms with van der Waals surface area (Å²) in [4.78, 5) is 12.2. The Labute approximate surface area is 130 Å². The maximum atomic E-state index is 12.2. The number of rotatable bonds is 5. The Kier molecular flexibility index (Phi) is 5.16. The van der Waals surface area contributed by atoms with E-state index in [4.69, 9.17) is 4.74 Å². The molecule has 0 radical (unpaired) electrons. The van der Waals surface area contributed by atoms with E-state index in [0.717, 1.165) is 16.9 Å². The minimum atomic E-state index is -0.728. The van der Waals surface area contributed by atoms with Crippen LogP contribution in [0.3, 0.4) is 0 Å². The summed E-state index contributed by atoms with van der Waals surface area (Å²) in [7, 11) is 1.60. The van der Waals surface area contributed by atoms with Crippen molar-refractivity contribution in [2.75, 3.05) is 12.4 Å². The lowest BCUT2D eigenvalue weighted by Gasteiger charge is -2.11. The highest BCUT2D eigenvalue weighted by Crippen LogP contribution is 2.16. The quantitative estimate of drug-likeness (QED) is 0.920. The van der Waals surface area contributed by atoms with Gasteiger partial charge in [0, 0.05) is 5.69 Å². The molecule has 0 heterocycles. The number of aryl methyl sites for hydroxylation is 1. The van der Waals surface area contributed by atoms with Gasteiger partial charge in [0.2, 0.25) is 5.91 Å². The Hall–Kier alpha value is -2.80. The maximum absolute atomic E-state index is 12.2. The second-order valence-corrected chi connectivity index (χ2v) is 5.09. The van der Waals surface area contributed by atoms with Gasteiger partial charge >= 0.3 is 0 Å². The first kappa shape index (κ1) is 15.6. The minimum absolute atomic E-state index is 0.288. The molecule has 2 aromatic rings. The van der Waals surface area contributed by atoms with Crippen LogP contribution in [0.4, 0.5) is 5.69 Å². The third-order valence-corrected chi connectivity index (χ3v) is 3.36. The fourth-order valence-electron chi connectivity index (χ4n) is 2.15. The molecule has 0 aliphatic rings. The van der Waals surface area contributed by atoms with Crippen molar-refractivity contribution in [3.05, 3.63) is 59.7 Å². The molecule has 22 heavy (non-hydrogen) atoms. The van der Waals surface area contributed by atoms with Gasteiger partial charge in [-0.3, -0.25) is 4.79 Å². The van der Waals surface area contributed by atoms with E-state index in [1.54, 1.807) is 7.11 Å². The van der Waals surface area contributed by atoms with Crippen molar-refractivity contribution in [1.82, 2.24) is 0 Å². The summed E-state index contributed by atoms with van der Waals surface area (Å²) in [6.45, 7) is 1.95. The summed E-state index contributed by atoms with van der Waals surface area (Å²) < 4.78 is 5.09. The summed E-state index contributed by atoms with van der Waals surface area (Å²) in [6, 6.07) is 17.0. The number of methoxy groups -OCH3 is 1. The molecule has 2 rings (SSSR count). The first-order chi connectivity index (χ1) is 10.6. The van der Waals surface area contributed by atoms with E-state index in [1.165, 1.54) is 0 Å². The Morgan fingerprint density at radius 1 is 1.27 bits per heavy atom. The van der Waals surface area contributed by atoms with Gasteiger partial charge in [0.1, 0.15) is 11.7 Å². The number of nitrogens with zero attached hydrogens (tertiary/aromatic N) is 1. The first-order valence-corrected chi connectivity index (χ1v) is 7.02. The van der Waals surface area contributed by atoms with E-state index in [0.29, 0.717) is 12.1 Å². The Balaban J connectivity index is 2.04. The van der Waals surface area contributed by atoms with Crippen molar-refractivity contribution < 1.29 is 9.53 Å². The summed E-state index contributed by atoms with van der Waals surface area (Å²) in [5, 5.41) is 12.0. The van der Waals surface area contributed by atoms with Crippen LogP contribution in [0.15, 0.2) is 48.5 Å². The first-order valence-electron chi connectivity index (χ1n) is 7.02. The van der Waals surface area contributed by atoms with Crippen LogP contribution >= 0.6 is 0 Å². The Morgan fingerprint density at radius 2 is 2.00 bits per heavy atom. The molecule has 0 saturated heterocycles. The number of nitriles is 1. The lowest BCUT2D eigenvalue weighted by molar-refractivity contribution is -0.118. The zero-order valence-corrected chi connectivity index (χ0v) is 12.7. The number of nitrogens with one attached hydrogen (secondary N) is 1. The molecule has 0 spiro atoms. The number of amides is 1. The summed E-state index contributed by atoms with van der Waals surface area (Å²) >= 11 is 0. The predicted molar refractivity (Wildman–Crippen MR) is 85.6 cm³/mol. The Bertz CT molecular complexity index is 687. The van der Waals surface area contributed by atoms with Crippen LogP contribution in [0, 0.1) is 24.2 Å². The van der Waals surface area contributed by atoms with Gasteiger partial charge in [-0.25, -0.2) is 0 Å². The molecule has 0 aliphatic carbocycles. The minimum Gasteiger partial charge on any atom is -0.497 e. The monoisotopic (exact) mass is 294 g/mol. The van der Waals surface area contributed by atoms with Gasteiger partial charge in [-0.05, 0) is 48.7 Å². The molecule has 2 aromatic carbocycles. The van der Waals surface area contributed by atoms with Gasteiger partial charge in [-0.15, -0.1) is 0 Å². The molecular weight excluding hydrogens is 276 g/mol. The van der Waals surface area contributed by atoms with Crippen LogP contribution in [0.25, 0.3) is 0 Å². The van der Waals surface area contributed by atoms with Crippen LogP contribution in [0.5, 0.6) is 5.75 Å². The molecule has 1 N–H and O–H groups in total. The number of carbonyl (C=O) groups is 1. The number of ether oxygens (including phenoxy) is 1. The highest BCUT2D eigenvalue weighted by Gasteiger charge is 2.18. The predicted octanol–water partition coefficient (Wildman–Crippen LogP) is 3.32. The highest BCUT2D eigenvalue weighted by atomic mass is 16.5. The van der Waals surface area contributed by atoms with E-state index in [-0.39, 0.29) is 5.91 Å². The average molecular weight is 294 g/mol. The number of hydrogen-bond donors (Lipinski definition) is 1. The van der Waals surface area contributed by atoms with E-state index in [1.807, 2.05) is 55.5 Å². The van der Waals surface area contributed by atoms with Crippen LogP contribution in [-0.4, -0.2) is 13.0 Å². The third-order valence-electron chi connectivity index (χ3n) is 3.36. The van der Waals surface area contributed by atoms with Gasteiger partial charge in [-0.1, -0.05) is 24.3 Å². The normalized spacial score (nSPS) is 11.3. The maximum Gasteiger partial charge on any atom is 0.242 e. The molecular formula is C18H18N2O2. The van der Waals surface area contributed by atoms with Gasteiger partial charge in [0.05, 0.1) is 13.2 Å². The van der Waals surface area contributed by atoms with Crippen LogP contribution in [-0.2, 0) is 11.2 Å². The zero-order valence-electron chi connectivity index (χ0n) is 12.7. The number of carbonyl (C=O) groups excluding carboxylic acids is 1. The fraction of sp³-hybridized carbons (Fsp3) is 0.222.